The lowest BCUT2D eigenvalue weighted by Crippen LogP contribution is -2.41. The number of aromatic amines is 1. The molecule has 1 spiro atoms. The quantitative estimate of drug-likeness (QED) is 0.422. The predicted molar refractivity (Wildman–Crippen MR) is 146 cm³/mol. The Kier molecular flexibility index (Phi) is 5.81. The van der Waals surface area contributed by atoms with E-state index in [0.29, 0.717) is 19.6 Å². The highest BCUT2D eigenvalue weighted by molar-refractivity contribution is 5.95. The van der Waals surface area contributed by atoms with Crippen molar-refractivity contribution in [2.45, 2.75) is 39.3 Å². The van der Waals surface area contributed by atoms with E-state index in [1.54, 1.807) is 0 Å². The first-order valence-electron chi connectivity index (χ1n) is 13.8. The van der Waals surface area contributed by atoms with Gasteiger partial charge >= 0.3 is 0 Å². The number of aryl methyl sites for hydroxylation is 1. The Balaban J connectivity index is 1.28. The van der Waals surface area contributed by atoms with Crippen LogP contribution < -0.4 is 10.2 Å². The van der Waals surface area contributed by atoms with Crippen molar-refractivity contribution in [1.29, 1.82) is 0 Å². The van der Waals surface area contributed by atoms with Crippen molar-refractivity contribution in [2.24, 2.45) is 5.41 Å². The highest BCUT2D eigenvalue weighted by Crippen LogP contribution is 2.38. The first-order chi connectivity index (χ1) is 18.6. The molecule has 0 bridgehead atoms. The van der Waals surface area contributed by atoms with Gasteiger partial charge in [-0.3, -0.25) is 9.69 Å². The number of aromatic nitrogens is 5. The number of likely N-dealkylation sites (tertiary alicyclic amines) is 1. The molecule has 0 saturated carbocycles. The Morgan fingerprint density at radius 3 is 2.66 bits per heavy atom. The lowest BCUT2D eigenvalue weighted by Gasteiger charge is -2.38. The van der Waals surface area contributed by atoms with Crippen LogP contribution in [0.4, 0.5) is 5.82 Å². The van der Waals surface area contributed by atoms with Crippen molar-refractivity contribution in [2.75, 3.05) is 50.8 Å². The topological polar surface area (TPSA) is 104 Å². The highest BCUT2D eigenvalue weighted by atomic mass is 16.5. The van der Waals surface area contributed by atoms with Gasteiger partial charge in [0, 0.05) is 55.3 Å². The number of nitrogens with zero attached hydrogens (tertiary/aromatic N) is 6. The van der Waals surface area contributed by atoms with Crippen molar-refractivity contribution in [3.05, 3.63) is 36.3 Å². The largest absolute Gasteiger partial charge is 0.378 e. The first-order valence-corrected chi connectivity index (χ1v) is 13.8. The number of nitrogens with one attached hydrogen (secondary N) is 2. The number of imidazole rings is 1. The third-order valence-corrected chi connectivity index (χ3v) is 8.60. The summed E-state index contributed by atoms with van der Waals surface area (Å²) < 4.78 is 7.90. The maximum atomic E-state index is 11.9. The fourth-order valence-electron chi connectivity index (χ4n) is 6.37. The Bertz CT molecular complexity index is 1490. The molecule has 3 aliphatic rings. The molecule has 2 N–H and O–H groups in total. The number of ether oxygens (including phenoxy) is 1. The summed E-state index contributed by atoms with van der Waals surface area (Å²) in [6.07, 6.45) is 4.72. The molecular weight excluding hydrogens is 480 g/mol. The molecule has 1 aromatic carbocycles. The van der Waals surface area contributed by atoms with Crippen LogP contribution >= 0.6 is 0 Å². The molecule has 1 amide bonds. The van der Waals surface area contributed by atoms with Gasteiger partial charge in [-0.1, -0.05) is 12.1 Å². The van der Waals surface area contributed by atoms with E-state index in [1.807, 2.05) is 6.20 Å². The van der Waals surface area contributed by atoms with Gasteiger partial charge in [0.2, 0.25) is 5.91 Å². The highest BCUT2D eigenvalue weighted by Gasteiger charge is 2.41. The molecule has 4 aromatic rings. The molecule has 0 aliphatic carbocycles. The third kappa shape index (κ3) is 4.03. The second-order valence-corrected chi connectivity index (χ2v) is 10.9. The minimum Gasteiger partial charge on any atom is -0.378 e. The van der Waals surface area contributed by atoms with E-state index in [0.717, 1.165) is 104 Å². The molecule has 0 atom stereocenters. The average molecular weight is 515 g/mol. The fraction of sp³-hybridized carbons (Fsp3) is 0.500. The summed E-state index contributed by atoms with van der Waals surface area (Å²) >= 11 is 0. The number of carbonyl (C=O) groups is 1. The van der Waals surface area contributed by atoms with E-state index in [9.17, 15) is 4.79 Å². The maximum absolute atomic E-state index is 11.9. The molecule has 0 radical (unpaired) electrons. The minimum atomic E-state index is 0.140. The smallest absolute Gasteiger partial charge is 0.220 e. The normalized spacial score (nSPS) is 20.1. The third-order valence-electron chi connectivity index (χ3n) is 8.60. The van der Waals surface area contributed by atoms with Gasteiger partial charge < -0.3 is 24.5 Å². The van der Waals surface area contributed by atoms with E-state index in [4.69, 9.17) is 19.7 Å². The van der Waals surface area contributed by atoms with Gasteiger partial charge in [0.15, 0.2) is 22.8 Å². The second-order valence-electron chi connectivity index (χ2n) is 10.9. The monoisotopic (exact) mass is 514 g/mol. The lowest BCUT2D eigenvalue weighted by atomic mass is 9.78. The van der Waals surface area contributed by atoms with E-state index in [-0.39, 0.29) is 11.3 Å². The van der Waals surface area contributed by atoms with Gasteiger partial charge in [-0.2, -0.15) is 0 Å². The van der Waals surface area contributed by atoms with Crippen LogP contribution in [-0.4, -0.2) is 81.2 Å². The van der Waals surface area contributed by atoms with Gasteiger partial charge in [0.25, 0.3) is 0 Å². The van der Waals surface area contributed by atoms with Crippen LogP contribution in [0.5, 0.6) is 0 Å². The van der Waals surface area contributed by atoms with E-state index < -0.39 is 0 Å². The summed E-state index contributed by atoms with van der Waals surface area (Å²) in [6, 6.07) is 8.32. The van der Waals surface area contributed by atoms with Gasteiger partial charge in [0.05, 0.1) is 19.8 Å². The van der Waals surface area contributed by atoms with Gasteiger partial charge in [-0.05, 0) is 50.4 Å². The molecule has 3 saturated heterocycles. The molecule has 7 rings (SSSR count). The van der Waals surface area contributed by atoms with E-state index in [2.05, 4.69) is 55.9 Å². The molecule has 6 heterocycles. The summed E-state index contributed by atoms with van der Waals surface area (Å²) in [5, 5.41) is 4.16. The van der Waals surface area contributed by atoms with Crippen LogP contribution in [0, 0.1) is 5.41 Å². The van der Waals surface area contributed by atoms with Gasteiger partial charge in [0.1, 0.15) is 5.82 Å². The fourth-order valence-corrected chi connectivity index (χ4v) is 6.37. The molecule has 0 unspecified atom stereocenters. The number of hydrogen-bond donors (Lipinski definition) is 2. The number of hydrogen-bond acceptors (Lipinski definition) is 7. The van der Waals surface area contributed by atoms with Crippen LogP contribution in [0.1, 0.15) is 32.0 Å². The van der Waals surface area contributed by atoms with Crippen molar-refractivity contribution in [1.82, 2.24) is 34.7 Å². The van der Waals surface area contributed by atoms with Crippen LogP contribution in [0.3, 0.4) is 0 Å². The Hall–Kier alpha value is -3.50. The number of fused-ring (bicyclic) bond motifs is 2. The molecule has 3 aliphatic heterocycles. The van der Waals surface area contributed by atoms with Crippen molar-refractivity contribution < 1.29 is 9.53 Å². The number of piperidine rings is 1. The van der Waals surface area contributed by atoms with Crippen molar-refractivity contribution in [3.63, 3.8) is 0 Å². The number of anilines is 1. The Morgan fingerprint density at radius 2 is 1.89 bits per heavy atom. The zero-order valence-electron chi connectivity index (χ0n) is 21.9. The summed E-state index contributed by atoms with van der Waals surface area (Å²) in [4.78, 5) is 35.4. The predicted octanol–water partition coefficient (Wildman–Crippen LogP) is 2.93. The number of amides is 1. The average Bonchev–Trinajstić information content (AvgIpc) is 3.66. The lowest BCUT2D eigenvalue weighted by molar-refractivity contribution is -0.119. The number of H-pyrrole nitrogens is 1. The molecule has 3 aromatic heterocycles. The van der Waals surface area contributed by atoms with Gasteiger partial charge in [-0.15, -0.1) is 0 Å². The molecule has 3 fully saturated rings. The zero-order valence-corrected chi connectivity index (χ0v) is 21.9. The number of benzene rings is 1. The molecule has 198 valence electrons. The molecule has 10 nitrogen and oxygen atoms in total. The number of carbonyl (C=O) groups excluding carboxylic acids is 1. The van der Waals surface area contributed by atoms with Crippen LogP contribution in [0.15, 0.2) is 30.5 Å². The standard InChI is InChI=1S/C28H34N8O2/c1-2-36-22(17-34-10-7-28(8-11-34)16-23(37)30-18-28)31-24-26(35-12-14-38-15-13-35)32-25(33-27(24)36)20-4-3-5-21-19(20)6-9-29-21/h3-6,9,29H,2,7-8,10-18H2,1H3,(H,30,37). The summed E-state index contributed by atoms with van der Waals surface area (Å²) in [5.74, 6) is 2.84. The summed E-state index contributed by atoms with van der Waals surface area (Å²) in [6.45, 7) is 9.43. The molecular formula is C28H34N8O2. The van der Waals surface area contributed by atoms with Crippen molar-refractivity contribution in [3.8, 4) is 11.4 Å². The maximum Gasteiger partial charge on any atom is 0.220 e. The van der Waals surface area contributed by atoms with E-state index >= 15 is 0 Å². The minimum absolute atomic E-state index is 0.140. The summed E-state index contributed by atoms with van der Waals surface area (Å²) in [7, 11) is 0. The first kappa shape index (κ1) is 23.6. The van der Waals surface area contributed by atoms with Crippen LogP contribution in [0.2, 0.25) is 0 Å². The molecule has 38 heavy (non-hydrogen) atoms. The Morgan fingerprint density at radius 1 is 1.05 bits per heavy atom. The SMILES string of the molecule is CCn1c(CN2CCC3(CC2)CNC(=O)C3)nc2c(N3CCOCC3)nc(-c3cccc4[nH]ccc34)nc21. The van der Waals surface area contributed by atoms with Crippen molar-refractivity contribution >= 4 is 33.8 Å². The zero-order chi connectivity index (χ0) is 25.7. The summed E-state index contributed by atoms with van der Waals surface area (Å²) in [5.41, 5.74) is 3.99. The van der Waals surface area contributed by atoms with Gasteiger partial charge in [-0.25, -0.2) is 15.0 Å². The van der Waals surface area contributed by atoms with E-state index in [1.165, 1.54) is 0 Å². The van der Waals surface area contributed by atoms with Crippen LogP contribution in [-0.2, 0) is 22.6 Å². The second kappa shape index (κ2) is 9.36. The number of rotatable bonds is 5. The number of morpholine rings is 1. The molecule has 10 heteroatoms. The Labute approximate surface area is 221 Å². The van der Waals surface area contributed by atoms with Crippen LogP contribution in [0.25, 0.3) is 33.5 Å².